The third-order valence-electron chi connectivity index (χ3n) is 1.39. The molecule has 11 heavy (non-hydrogen) atoms. The normalized spacial score (nSPS) is 12.5. The number of carboxylic acids is 1. The van der Waals surface area contributed by atoms with Gasteiger partial charge in [0.1, 0.15) is 0 Å². The molecule has 0 heterocycles. The Bertz CT molecular complexity index is 154. The summed E-state index contributed by atoms with van der Waals surface area (Å²) < 4.78 is 0. The number of thioether (sulfide) groups is 1. The van der Waals surface area contributed by atoms with Gasteiger partial charge in [-0.25, -0.2) is 0 Å². The fraction of sp³-hybridized carbons (Fsp3) is 0.625. The van der Waals surface area contributed by atoms with Crippen LogP contribution in [0, 0.1) is 0 Å². The molecule has 0 aliphatic carbocycles. The highest BCUT2D eigenvalue weighted by Crippen LogP contribution is 2.14. The van der Waals surface area contributed by atoms with Gasteiger partial charge in [0.25, 0.3) is 0 Å². The lowest BCUT2D eigenvalue weighted by molar-refractivity contribution is -0.136. The highest BCUT2D eigenvalue weighted by atomic mass is 32.2. The van der Waals surface area contributed by atoms with Crippen LogP contribution >= 0.6 is 11.8 Å². The van der Waals surface area contributed by atoms with E-state index in [0.29, 0.717) is 0 Å². The maximum Gasteiger partial charge on any atom is 0.316 e. The van der Waals surface area contributed by atoms with Crippen LogP contribution in [-0.2, 0) is 4.79 Å². The van der Waals surface area contributed by atoms with Crippen LogP contribution in [0.15, 0.2) is 12.2 Å². The first kappa shape index (κ1) is 10.6. The number of carboxylic acid groups (broad SMARTS) is 1. The molecule has 64 valence electrons. The van der Waals surface area contributed by atoms with E-state index in [0.717, 1.165) is 17.7 Å². The molecule has 0 spiro atoms. The fourth-order valence-corrected chi connectivity index (χ4v) is 1.25. The lowest BCUT2D eigenvalue weighted by atomic mass is 10.3. The summed E-state index contributed by atoms with van der Waals surface area (Å²) in [7, 11) is 0. The molecule has 0 saturated carbocycles. The van der Waals surface area contributed by atoms with Crippen molar-refractivity contribution >= 4 is 17.7 Å². The molecule has 0 bridgehead atoms. The van der Waals surface area contributed by atoms with Gasteiger partial charge in [-0.1, -0.05) is 19.1 Å². The number of aliphatic carboxylic acids is 1. The quantitative estimate of drug-likeness (QED) is 0.649. The third-order valence-corrected chi connectivity index (χ3v) is 2.66. The van der Waals surface area contributed by atoms with Gasteiger partial charge in [-0.05, 0) is 13.3 Å². The van der Waals surface area contributed by atoms with Crippen LogP contribution in [0.5, 0.6) is 0 Å². The summed E-state index contributed by atoms with van der Waals surface area (Å²) in [6.07, 6.45) is 0.930. The van der Waals surface area contributed by atoms with Gasteiger partial charge in [0, 0.05) is 5.75 Å². The molecule has 1 atom stereocenters. The summed E-state index contributed by atoms with van der Waals surface area (Å²) >= 11 is 1.42. The zero-order valence-corrected chi connectivity index (χ0v) is 7.78. The number of hydrogen-bond donors (Lipinski definition) is 1. The van der Waals surface area contributed by atoms with E-state index < -0.39 is 5.97 Å². The first-order valence-corrected chi connectivity index (χ1v) is 4.63. The first-order chi connectivity index (χ1) is 5.07. The minimum atomic E-state index is -0.751. The van der Waals surface area contributed by atoms with Crippen molar-refractivity contribution in [3.05, 3.63) is 12.2 Å². The van der Waals surface area contributed by atoms with Gasteiger partial charge in [0.05, 0.1) is 5.25 Å². The number of carbonyl (C=O) groups is 1. The molecular formula is C8H14O2S. The van der Waals surface area contributed by atoms with Crippen molar-refractivity contribution < 1.29 is 9.90 Å². The Kier molecular flexibility index (Phi) is 5.03. The van der Waals surface area contributed by atoms with Gasteiger partial charge >= 0.3 is 5.97 Å². The summed E-state index contributed by atoms with van der Waals surface area (Å²) in [6, 6.07) is 0. The fourth-order valence-electron chi connectivity index (χ4n) is 0.416. The van der Waals surface area contributed by atoms with Crippen molar-refractivity contribution in [3.63, 3.8) is 0 Å². The largest absolute Gasteiger partial charge is 0.480 e. The molecule has 2 nitrogen and oxygen atoms in total. The Balaban J connectivity index is 3.54. The average molecular weight is 174 g/mol. The summed E-state index contributed by atoms with van der Waals surface area (Å²) in [5.41, 5.74) is 1.10. The Hall–Kier alpha value is -0.440. The summed E-state index contributed by atoms with van der Waals surface area (Å²) in [5, 5.41) is 8.20. The molecule has 1 unspecified atom stereocenters. The van der Waals surface area contributed by atoms with Crippen molar-refractivity contribution in [2.45, 2.75) is 25.5 Å². The van der Waals surface area contributed by atoms with E-state index in [-0.39, 0.29) is 5.25 Å². The molecule has 0 aromatic carbocycles. The van der Waals surface area contributed by atoms with Crippen molar-refractivity contribution in [1.82, 2.24) is 0 Å². The van der Waals surface area contributed by atoms with E-state index in [1.807, 2.05) is 6.92 Å². The Morgan fingerprint density at radius 1 is 1.73 bits per heavy atom. The van der Waals surface area contributed by atoms with Gasteiger partial charge in [-0.15, -0.1) is 11.8 Å². The maximum absolute atomic E-state index is 10.3. The van der Waals surface area contributed by atoms with E-state index in [1.54, 1.807) is 6.92 Å². The SMILES string of the molecule is C=C(CC)CSC(C)C(=O)O. The van der Waals surface area contributed by atoms with E-state index in [2.05, 4.69) is 6.58 Å². The highest BCUT2D eigenvalue weighted by molar-refractivity contribution is 8.00. The molecule has 3 heteroatoms. The first-order valence-electron chi connectivity index (χ1n) is 3.59. The zero-order chi connectivity index (χ0) is 8.85. The van der Waals surface area contributed by atoms with Gasteiger partial charge in [-0.3, -0.25) is 4.79 Å². The Labute approximate surface area is 71.7 Å². The zero-order valence-electron chi connectivity index (χ0n) is 6.96. The van der Waals surface area contributed by atoms with E-state index in [4.69, 9.17) is 5.11 Å². The topological polar surface area (TPSA) is 37.3 Å². The second-order valence-electron chi connectivity index (χ2n) is 2.40. The minimum absolute atomic E-state index is 0.321. The third kappa shape index (κ3) is 4.90. The van der Waals surface area contributed by atoms with Gasteiger partial charge in [-0.2, -0.15) is 0 Å². The molecule has 0 amide bonds. The van der Waals surface area contributed by atoms with Crippen molar-refractivity contribution in [2.24, 2.45) is 0 Å². The standard InChI is InChI=1S/C8H14O2S/c1-4-6(2)5-11-7(3)8(9)10/h7H,2,4-5H2,1,3H3,(H,9,10). The summed E-state index contributed by atoms with van der Waals surface area (Å²) in [6.45, 7) is 7.50. The molecule has 0 aromatic rings. The average Bonchev–Trinajstić information content (AvgIpc) is 1.99. The number of rotatable bonds is 5. The lowest BCUT2D eigenvalue weighted by Crippen LogP contribution is -2.12. The van der Waals surface area contributed by atoms with E-state index in [9.17, 15) is 4.79 Å². The van der Waals surface area contributed by atoms with Crippen LogP contribution < -0.4 is 0 Å². The molecule has 1 N–H and O–H groups in total. The smallest absolute Gasteiger partial charge is 0.316 e. The van der Waals surface area contributed by atoms with Crippen molar-refractivity contribution in [3.8, 4) is 0 Å². The summed E-state index contributed by atoms with van der Waals surface area (Å²) in [5.74, 6) is 0.00292. The van der Waals surface area contributed by atoms with Crippen LogP contribution in [0.1, 0.15) is 20.3 Å². The van der Waals surface area contributed by atoms with Crippen molar-refractivity contribution in [1.29, 1.82) is 0 Å². The van der Waals surface area contributed by atoms with Crippen LogP contribution in [0.2, 0.25) is 0 Å². The molecular weight excluding hydrogens is 160 g/mol. The summed E-state index contributed by atoms with van der Waals surface area (Å²) in [4.78, 5) is 10.3. The molecule has 0 saturated heterocycles. The monoisotopic (exact) mass is 174 g/mol. The lowest BCUT2D eigenvalue weighted by Gasteiger charge is -2.05. The predicted molar refractivity (Wildman–Crippen MR) is 49.0 cm³/mol. The van der Waals surface area contributed by atoms with Crippen LogP contribution in [0.25, 0.3) is 0 Å². The molecule has 0 aliphatic heterocycles. The minimum Gasteiger partial charge on any atom is -0.480 e. The van der Waals surface area contributed by atoms with E-state index >= 15 is 0 Å². The molecule has 0 aliphatic rings. The van der Waals surface area contributed by atoms with Gasteiger partial charge < -0.3 is 5.11 Å². The van der Waals surface area contributed by atoms with Gasteiger partial charge in [0.15, 0.2) is 0 Å². The van der Waals surface area contributed by atoms with Crippen LogP contribution in [-0.4, -0.2) is 22.1 Å². The molecule has 0 fully saturated rings. The number of hydrogen-bond acceptors (Lipinski definition) is 2. The maximum atomic E-state index is 10.3. The highest BCUT2D eigenvalue weighted by Gasteiger charge is 2.10. The van der Waals surface area contributed by atoms with Crippen LogP contribution in [0.3, 0.4) is 0 Å². The van der Waals surface area contributed by atoms with E-state index in [1.165, 1.54) is 11.8 Å². The molecule has 0 aromatic heterocycles. The Morgan fingerprint density at radius 3 is 2.64 bits per heavy atom. The molecule has 0 radical (unpaired) electrons. The second kappa shape index (κ2) is 5.24. The van der Waals surface area contributed by atoms with Gasteiger partial charge in [0.2, 0.25) is 0 Å². The second-order valence-corrected chi connectivity index (χ2v) is 3.72. The molecule has 0 rings (SSSR count). The predicted octanol–water partition coefficient (Wildman–Crippen LogP) is 2.16. The van der Waals surface area contributed by atoms with Crippen molar-refractivity contribution in [2.75, 3.05) is 5.75 Å². The Morgan fingerprint density at radius 2 is 2.27 bits per heavy atom. The van der Waals surface area contributed by atoms with Crippen LogP contribution in [0.4, 0.5) is 0 Å².